The van der Waals surface area contributed by atoms with Crippen LogP contribution in [0, 0.1) is 0 Å². The molecule has 2 aromatic rings. The summed E-state index contributed by atoms with van der Waals surface area (Å²) in [6, 6.07) is 7.84. The highest BCUT2D eigenvalue weighted by atomic mass is 32.1. The Morgan fingerprint density at radius 1 is 1.23 bits per heavy atom. The Kier molecular flexibility index (Phi) is 5.26. The van der Waals surface area contributed by atoms with Gasteiger partial charge in [0.1, 0.15) is 5.69 Å². The molecular weight excluding hydrogens is 298 g/mol. The molecule has 1 fully saturated rings. The van der Waals surface area contributed by atoms with Crippen LogP contribution in [0.1, 0.15) is 15.4 Å². The van der Waals surface area contributed by atoms with Gasteiger partial charge in [-0.1, -0.05) is 6.07 Å². The molecule has 1 saturated heterocycles. The third kappa shape index (κ3) is 3.97. The lowest BCUT2D eigenvalue weighted by atomic mass is 10.3. The highest BCUT2D eigenvalue weighted by Gasteiger charge is 2.13. The maximum absolute atomic E-state index is 12.3. The van der Waals surface area contributed by atoms with Crippen LogP contribution in [0.15, 0.2) is 35.8 Å². The Morgan fingerprint density at radius 2 is 2.09 bits per heavy atom. The number of morpholine rings is 1. The number of ether oxygens (including phenoxy) is 1. The number of carbonyl (C=O) groups excluding carboxylic acids is 1. The molecule has 1 amide bonds. The van der Waals surface area contributed by atoms with Gasteiger partial charge in [-0.15, -0.1) is 11.3 Å². The van der Waals surface area contributed by atoms with Crippen molar-refractivity contribution < 1.29 is 9.53 Å². The Hall–Kier alpha value is -1.63. The first-order valence-corrected chi connectivity index (χ1v) is 8.47. The molecule has 6 heteroatoms. The van der Waals surface area contributed by atoms with E-state index in [4.69, 9.17) is 4.74 Å². The monoisotopic (exact) mass is 319 g/mol. The molecule has 0 radical (unpaired) electrons. The fourth-order valence-electron chi connectivity index (χ4n) is 2.56. The van der Waals surface area contributed by atoms with Crippen molar-refractivity contribution in [3.8, 4) is 0 Å². The quantitative estimate of drug-likeness (QED) is 0.883. The third-order valence-corrected chi connectivity index (χ3v) is 4.70. The molecular formula is C16H21N3O2S. The second-order valence-corrected chi connectivity index (χ2v) is 6.34. The molecule has 3 rings (SSSR count). The van der Waals surface area contributed by atoms with Crippen molar-refractivity contribution in [1.29, 1.82) is 0 Å². The van der Waals surface area contributed by atoms with Gasteiger partial charge in [-0.2, -0.15) is 0 Å². The molecule has 0 unspecified atom stereocenters. The summed E-state index contributed by atoms with van der Waals surface area (Å²) in [5, 5.41) is 5.00. The van der Waals surface area contributed by atoms with Gasteiger partial charge in [-0.05, 0) is 23.6 Å². The van der Waals surface area contributed by atoms with Gasteiger partial charge in [0.2, 0.25) is 0 Å². The van der Waals surface area contributed by atoms with Crippen molar-refractivity contribution in [2.45, 2.75) is 13.1 Å². The normalized spacial score (nSPS) is 15.8. The van der Waals surface area contributed by atoms with Crippen LogP contribution in [-0.4, -0.2) is 48.2 Å². The van der Waals surface area contributed by atoms with Crippen molar-refractivity contribution >= 4 is 17.2 Å². The number of aromatic nitrogens is 1. The SMILES string of the molecule is O=C(NCc1cccs1)c1cccn1CCN1CCOCC1. The Bertz CT molecular complexity index is 588. The number of thiophene rings is 1. The first-order valence-electron chi connectivity index (χ1n) is 7.59. The van der Waals surface area contributed by atoms with E-state index in [2.05, 4.69) is 10.2 Å². The van der Waals surface area contributed by atoms with Gasteiger partial charge in [0.15, 0.2) is 0 Å². The summed E-state index contributed by atoms with van der Waals surface area (Å²) >= 11 is 1.66. The second-order valence-electron chi connectivity index (χ2n) is 5.30. The molecule has 2 aromatic heterocycles. The van der Waals surface area contributed by atoms with E-state index in [9.17, 15) is 4.79 Å². The predicted molar refractivity (Wildman–Crippen MR) is 87.2 cm³/mol. The van der Waals surface area contributed by atoms with Crippen LogP contribution in [0.4, 0.5) is 0 Å². The molecule has 1 N–H and O–H groups in total. The van der Waals surface area contributed by atoms with Gasteiger partial charge in [0.25, 0.3) is 5.91 Å². The lowest BCUT2D eigenvalue weighted by molar-refractivity contribution is 0.0363. The number of nitrogens with zero attached hydrogens (tertiary/aromatic N) is 2. The topological polar surface area (TPSA) is 46.5 Å². The fraction of sp³-hybridized carbons (Fsp3) is 0.438. The maximum Gasteiger partial charge on any atom is 0.268 e. The van der Waals surface area contributed by atoms with Crippen molar-refractivity contribution in [2.75, 3.05) is 32.8 Å². The van der Waals surface area contributed by atoms with E-state index in [0.29, 0.717) is 6.54 Å². The van der Waals surface area contributed by atoms with E-state index in [1.165, 1.54) is 4.88 Å². The van der Waals surface area contributed by atoms with Gasteiger partial charge in [-0.3, -0.25) is 9.69 Å². The molecule has 22 heavy (non-hydrogen) atoms. The number of rotatable bonds is 6. The summed E-state index contributed by atoms with van der Waals surface area (Å²) in [5.41, 5.74) is 0.727. The zero-order valence-electron chi connectivity index (χ0n) is 12.5. The van der Waals surface area contributed by atoms with E-state index < -0.39 is 0 Å². The Balaban J connectivity index is 1.53. The standard InChI is InChI=1S/C16H21N3O2S/c20-16(17-13-14-3-2-12-22-14)15-4-1-5-19(15)7-6-18-8-10-21-11-9-18/h1-5,12H,6-11,13H2,(H,17,20). The highest BCUT2D eigenvalue weighted by molar-refractivity contribution is 7.09. The molecule has 0 bridgehead atoms. The van der Waals surface area contributed by atoms with Gasteiger partial charge < -0.3 is 14.6 Å². The lowest BCUT2D eigenvalue weighted by Gasteiger charge is -2.26. The average Bonchev–Trinajstić information content (AvgIpc) is 3.23. The minimum atomic E-state index is -0.0135. The Labute approximate surface area is 134 Å². The smallest absolute Gasteiger partial charge is 0.268 e. The van der Waals surface area contributed by atoms with E-state index >= 15 is 0 Å². The molecule has 0 aromatic carbocycles. The molecule has 0 saturated carbocycles. The van der Waals surface area contributed by atoms with Crippen LogP contribution < -0.4 is 5.32 Å². The molecule has 5 nitrogen and oxygen atoms in total. The van der Waals surface area contributed by atoms with Crippen LogP contribution in [0.2, 0.25) is 0 Å². The third-order valence-electron chi connectivity index (χ3n) is 3.83. The summed E-state index contributed by atoms with van der Waals surface area (Å²) < 4.78 is 7.38. The Morgan fingerprint density at radius 3 is 2.86 bits per heavy atom. The zero-order chi connectivity index (χ0) is 15.2. The van der Waals surface area contributed by atoms with Crippen LogP contribution >= 0.6 is 11.3 Å². The maximum atomic E-state index is 12.3. The lowest BCUT2D eigenvalue weighted by Crippen LogP contribution is -2.38. The minimum Gasteiger partial charge on any atom is -0.379 e. The van der Waals surface area contributed by atoms with Crippen LogP contribution in [0.5, 0.6) is 0 Å². The molecule has 0 spiro atoms. The van der Waals surface area contributed by atoms with Gasteiger partial charge in [-0.25, -0.2) is 0 Å². The van der Waals surface area contributed by atoms with E-state index in [-0.39, 0.29) is 5.91 Å². The van der Waals surface area contributed by atoms with Gasteiger partial charge in [0, 0.05) is 37.3 Å². The van der Waals surface area contributed by atoms with Gasteiger partial charge >= 0.3 is 0 Å². The molecule has 118 valence electrons. The molecule has 0 atom stereocenters. The predicted octanol–water partition coefficient (Wildman–Crippen LogP) is 1.81. The number of hydrogen-bond donors (Lipinski definition) is 1. The molecule has 1 aliphatic rings. The largest absolute Gasteiger partial charge is 0.379 e. The summed E-state index contributed by atoms with van der Waals surface area (Å²) in [4.78, 5) is 15.9. The summed E-state index contributed by atoms with van der Waals surface area (Å²) in [6.45, 7) is 5.92. The second kappa shape index (κ2) is 7.58. The van der Waals surface area contributed by atoms with E-state index in [1.807, 2.05) is 40.4 Å². The molecule has 1 aliphatic heterocycles. The summed E-state index contributed by atoms with van der Waals surface area (Å²) in [6.07, 6.45) is 1.97. The van der Waals surface area contributed by atoms with Gasteiger partial charge in [0.05, 0.1) is 19.8 Å². The summed E-state index contributed by atoms with van der Waals surface area (Å²) in [5.74, 6) is -0.0135. The van der Waals surface area contributed by atoms with Crippen LogP contribution in [0.3, 0.4) is 0 Å². The number of nitrogens with one attached hydrogen (secondary N) is 1. The zero-order valence-corrected chi connectivity index (χ0v) is 13.3. The van der Waals surface area contributed by atoms with E-state index in [1.54, 1.807) is 11.3 Å². The highest BCUT2D eigenvalue weighted by Crippen LogP contribution is 2.09. The van der Waals surface area contributed by atoms with Crippen LogP contribution in [0.25, 0.3) is 0 Å². The fourth-order valence-corrected chi connectivity index (χ4v) is 3.20. The number of hydrogen-bond acceptors (Lipinski definition) is 4. The number of carbonyl (C=O) groups is 1. The summed E-state index contributed by atoms with van der Waals surface area (Å²) in [7, 11) is 0. The van der Waals surface area contributed by atoms with Crippen molar-refractivity contribution in [2.24, 2.45) is 0 Å². The van der Waals surface area contributed by atoms with Crippen molar-refractivity contribution in [3.63, 3.8) is 0 Å². The molecule has 0 aliphatic carbocycles. The minimum absolute atomic E-state index is 0.0135. The van der Waals surface area contributed by atoms with Crippen LogP contribution in [-0.2, 0) is 17.8 Å². The average molecular weight is 319 g/mol. The first kappa shape index (κ1) is 15.3. The molecule has 3 heterocycles. The first-order chi connectivity index (χ1) is 10.8. The number of amides is 1. The van der Waals surface area contributed by atoms with Crippen molar-refractivity contribution in [3.05, 3.63) is 46.4 Å². The van der Waals surface area contributed by atoms with E-state index in [0.717, 1.165) is 45.1 Å². The van der Waals surface area contributed by atoms with Crippen molar-refractivity contribution in [1.82, 2.24) is 14.8 Å².